The topological polar surface area (TPSA) is 93.0 Å². The Morgan fingerprint density at radius 1 is 1.24 bits per heavy atom. The summed E-state index contributed by atoms with van der Waals surface area (Å²) in [5.41, 5.74) is 0.574. The van der Waals surface area contributed by atoms with E-state index in [1.54, 1.807) is 11.8 Å². The second kappa shape index (κ2) is 6.89. The Hall–Kier alpha value is -2.35. The summed E-state index contributed by atoms with van der Waals surface area (Å²) in [6.07, 6.45) is 3.28. The van der Waals surface area contributed by atoms with Gasteiger partial charge in [0, 0.05) is 17.1 Å². The van der Waals surface area contributed by atoms with Gasteiger partial charge in [-0.05, 0) is 37.4 Å². The van der Waals surface area contributed by atoms with Crippen LogP contribution in [0.25, 0.3) is 0 Å². The van der Waals surface area contributed by atoms with E-state index in [2.05, 4.69) is 20.6 Å². The summed E-state index contributed by atoms with van der Waals surface area (Å²) >= 11 is 1.63. The monoisotopic (exact) mass is 305 g/mol. The summed E-state index contributed by atoms with van der Waals surface area (Å²) in [4.78, 5) is 19.8. The molecule has 0 amide bonds. The average Bonchev–Trinajstić information content (AvgIpc) is 2.48. The summed E-state index contributed by atoms with van der Waals surface area (Å²) in [6.45, 7) is 2.39. The molecule has 2 N–H and O–H groups in total. The molecule has 0 saturated carbocycles. The minimum atomic E-state index is -0.489. The molecule has 0 aliphatic heterocycles. The molecule has 0 aliphatic carbocycles. The summed E-state index contributed by atoms with van der Waals surface area (Å²) in [6, 6.07) is 7.58. The Bertz CT molecular complexity index is 633. The first-order valence-electron chi connectivity index (χ1n) is 6.30. The third-order valence-electron chi connectivity index (χ3n) is 2.70. The minimum absolute atomic E-state index is 0.159. The Morgan fingerprint density at radius 2 is 1.90 bits per heavy atom. The minimum Gasteiger partial charge on any atom is -0.364 e. The van der Waals surface area contributed by atoms with Crippen LogP contribution in [-0.2, 0) is 0 Å². The quantitative estimate of drug-likeness (QED) is 0.480. The molecule has 8 heteroatoms. The summed E-state index contributed by atoms with van der Waals surface area (Å²) < 4.78 is 0. The lowest BCUT2D eigenvalue weighted by Crippen LogP contribution is -2.07. The molecular formula is C13H15N5O2S. The molecule has 2 rings (SSSR count). The van der Waals surface area contributed by atoms with Crippen LogP contribution in [0.5, 0.6) is 0 Å². The Balaban J connectivity index is 2.33. The zero-order chi connectivity index (χ0) is 15.2. The van der Waals surface area contributed by atoms with Gasteiger partial charge in [-0.2, -0.15) is 0 Å². The van der Waals surface area contributed by atoms with Crippen LogP contribution in [0.2, 0.25) is 0 Å². The van der Waals surface area contributed by atoms with E-state index < -0.39 is 4.92 Å². The van der Waals surface area contributed by atoms with E-state index in [4.69, 9.17) is 0 Å². The average molecular weight is 305 g/mol. The third-order valence-corrected chi connectivity index (χ3v) is 3.45. The molecule has 0 spiro atoms. The number of anilines is 3. The number of nitro groups is 1. The van der Waals surface area contributed by atoms with Crippen LogP contribution in [0.3, 0.4) is 0 Å². The van der Waals surface area contributed by atoms with E-state index in [-0.39, 0.29) is 17.3 Å². The van der Waals surface area contributed by atoms with Gasteiger partial charge in [-0.1, -0.05) is 0 Å². The highest BCUT2D eigenvalue weighted by Crippen LogP contribution is 2.31. The molecule has 0 unspecified atom stereocenters. The number of hydrogen-bond acceptors (Lipinski definition) is 7. The molecule has 1 aromatic carbocycles. The van der Waals surface area contributed by atoms with Crippen molar-refractivity contribution < 1.29 is 4.92 Å². The molecule has 21 heavy (non-hydrogen) atoms. The van der Waals surface area contributed by atoms with Crippen molar-refractivity contribution in [3.05, 3.63) is 40.7 Å². The van der Waals surface area contributed by atoms with Gasteiger partial charge in [0.15, 0.2) is 0 Å². The fourth-order valence-electron chi connectivity index (χ4n) is 1.75. The first-order valence-corrected chi connectivity index (χ1v) is 7.52. The highest BCUT2D eigenvalue weighted by molar-refractivity contribution is 7.98. The van der Waals surface area contributed by atoms with Gasteiger partial charge in [0.2, 0.25) is 11.6 Å². The van der Waals surface area contributed by atoms with Crippen molar-refractivity contribution in [2.75, 3.05) is 23.4 Å². The molecule has 1 aromatic heterocycles. The molecule has 0 atom stereocenters. The maximum absolute atomic E-state index is 11.3. The van der Waals surface area contributed by atoms with Gasteiger partial charge >= 0.3 is 5.69 Å². The molecule has 110 valence electrons. The van der Waals surface area contributed by atoms with Crippen molar-refractivity contribution in [2.45, 2.75) is 11.8 Å². The number of nitrogens with zero attached hydrogens (tertiary/aromatic N) is 3. The van der Waals surface area contributed by atoms with Gasteiger partial charge in [-0.3, -0.25) is 10.1 Å². The number of hydrogen-bond donors (Lipinski definition) is 2. The Kier molecular flexibility index (Phi) is 4.94. The maximum Gasteiger partial charge on any atom is 0.353 e. The fraction of sp³-hybridized carbons (Fsp3) is 0.231. The highest BCUT2D eigenvalue weighted by Gasteiger charge is 2.22. The van der Waals surface area contributed by atoms with Crippen LogP contribution in [0.4, 0.5) is 23.0 Å². The van der Waals surface area contributed by atoms with Gasteiger partial charge in [-0.15, -0.1) is 11.8 Å². The van der Waals surface area contributed by atoms with Gasteiger partial charge in [-0.25, -0.2) is 9.97 Å². The van der Waals surface area contributed by atoms with Gasteiger partial charge < -0.3 is 10.6 Å². The number of rotatable bonds is 6. The first kappa shape index (κ1) is 15.0. The zero-order valence-corrected chi connectivity index (χ0v) is 12.5. The highest BCUT2D eigenvalue weighted by atomic mass is 32.2. The summed E-state index contributed by atoms with van der Waals surface area (Å²) in [7, 11) is 0. The summed E-state index contributed by atoms with van der Waals surface area (Å²) in [5, 5.41) is 17.1. The number of thioether (sulfide) groups is 1. The lowest BCUT2D eigenvalue weighted by Gasteiger charge is -2.09. The largest absolute Gasteiger partial charge is 0.364 e. The Labute approximate surface area is 126 Å². The van der Waals surface area contributed by atoms with E-state index >= 15 is 0 Å². The third kappa shape index (κ3) is 3.60. The molecule has 1 heterocycles. The molecule has 0 radical (unpaired) electrons. The van der Waals surface area contributed by atoms with E-state index in [1.165, 1.54) is 6.33 Å². The normalized spacial score (nSPS) is 10.2. The smallest absolute Gasteiger partial charge is 0.353 e. The molecule has 2 aromatic rings. The predicted molar refractivity (Wildman–Crippen MR) is 84.4 cm³/mol. The van der Waals surface area contributed by atoms with Gasteiger partial charge in [0.25, 0.3) is 0 Å². The van der Waals surface area contributed by atoms with Crippen molar-refractivity contribution in [3.8, 4) is 0 Å². The van der Waals surface area contributed by atoms with Gasteiger partial charge in [0.05, 0.1) is 4.92 Å². The van der Waals surface area contributed by atoms with Crippen molar-refractivity contribution in [2.24, 2.45) is 0 Å². The van der Waals surface area contributed by atoms with Crippen LogP contribution >= 0.6 is 11.8 Å². The standard InChI is InChI=1S/C13H15N5O2S/c1-3-14-12-11(18(19)20)13(16-8-15-12)17-9-4-6-10(21-2)7-5-9/h4-8H,3H2,1-2H3,(H2,14,15,16,17). The first-order chi connectivity index (χ1) is 10.2. The summed E-state index contributed by atoms with van der Waals surface area (Å²) in [5.74, 6) is 0.378. The van der Waals surface area contributed by atoms with E-state index in [0.29, 0.717) is 6.54 Å². The number of aromatic nitrogens is 2. The van der Waals surface area contributed by atoms with Crippen LogP contribution in [0.15, 0.2) is 35.5 Å². The Morgan fingerprint density at radius 3 is 2.48 bits per heavy atom. The molecule has 0 fully saturated rings. The van der Waals surface area contributed by atoms with Crippen LogP contribution < -0.4 is 10.6 Å². The van der Waals surface area contributed by atoms with Crippen molar-refractivity contribution >= 4 is 34.8 Å². The SMILES string of the molecule is CCNc1ncnc(Nc2ccc(SC)cc2)c1[N+](=O)[O-]. The fourth-order valence-corrected chi connectivity index (χ4v) is 2.16. The van der Waals surface area contributed by atoms with E-state index in [1.807, 2.05) is 37.4 Å². The van der Waals surface area contributed by atoms with Crippen molar-refractivity contribution in [1.29, 1.82) is 0 Å². The molecule has 0 saturated heterocycles. The second-order valence-corrected chi connectivity index (χ2v) is 4.94. The molecule has 0 bridgehead atoms. The molecule has 7 nitrogen and oxygen atoms in total. The van der Waals surface area contributed by atoms with E-state index in [9.17, 15) is 10.1 Å². The molecular weight excluding hydrogens is 290 g/mol. The number of benzene rings is 1. The second-order valence-electron chi connectivity index (χ2n) is 4.06. The lowest BCUT2D eigenvalue weighted by atomic mass is 10.3. The van der Waals surface area contributed by atoms with Gasteiger partial charge in [0.1, 0.15) is 6.33 Å². The van der Waals surface area contributed by atoms with Crippen LogP contribution in [0, 0.1) is 10.1 Å². The van der Waals surface area contributed by atoms with Crippen molar-refractivity contribution in [3.63, 3.8) is 0 Å². The zero-order valence-electron chi connectivity index (χ0n) is 11.7. The maximum atomic E-state index is 11.3. The number of nitrogens with one attached hydrogen (secondary N) is 2. The van der Waals surface area contributed by atoms with Crippen LogP contribution in [-0.4, -0.2) is 27.7 Å². The van der Waals surface area contributed by atoms with Crippen LogP contribution in [0.1, 0.15) is 6.92 Å². The lowest BCUT2D eigenvalue weighted by molar-refractivity contribution is -0.383. The molecule has 0 aliphatic rings. The predicted octanol–water partition coefficient (Wildman–Crippen LogP) is 3.28. The van der Waals surface area contributed by atoms with E-state index in [0.717, 1.165) is 10.6 Å². The van der Waals surface area contributed by atoms with Crippen molar-refractivity contribution in [1.82, 2.24) is 9.97 Å².